The van der Waals surface area contributed by atoms with E-state index >= 15 is 0 Å². The molecule has 1 fully saturated rings. The minimum absolute atomic E-state index is 0.445. The predicted octanol–water partition coefficient (Wildman–Crippen LogP) is 2.93. The number of benzene rings is 1. The minimum atomic E-state index is 0.445. The summed E-state index contributed by atoms with van der Waals surface area (Å²) in [6, 6.07) is 10.7. The highest BCUT2D eigenvalue weighted by Gasteiger charge is 2.22. The van der Waals surface area contributed by atoms with Crippen molar-refractivity contribution in [3.8, 4) is 0 Å². The van der Waals surface area contributed by atoms with Crippen LogP contribution in [0.4, 0.5) is 0 Å². The highest BCUT2D eigenvalue weighted by atomic mass is 16.5. The van der Waals surface area contributed by atoms with Crippen LogP contribution in [0, 0.1) is 5.92 Å². The lowest BCUT2D eigenvalue weighted by Crippen LogP contribution is -2.23. The zero-order valence-corrected chi connectivity index (χ0v) is 10.9. The van der Waals surface area contributed by atoms with Gasteiger partial charge in [-0.3, -0.25) is 4.90 Å². The van der Waals surface area contributed by atoms with Crippen molar-refractivity contribution in [2.75, 3.05) is 19.7 Å². The average Bonchev–Trinajstić information content (AvgIpc) is 2.75. The van der Waals surface area contributed by atoms with Crippen molar-refractivity contribution in [1.29, 1.82) is 0 Å². The molecular weight excluding hydrogens is 210 g/mol. The third-order valence-electron chi connectivity index (χ3n) is 3.14. The molecule has 0 bridgehead atoms. The van der Waals surface area contributed by atoms with Gasteiger partial charge >= 0.3 is 0 Å². The Hall–Kier alpha value is -0.860. The summed E-state index contributed by atoms with van der Waals surface area (Å²) in [5.41, 5.74) is 1.40. The van der Waals surface area contributed by atoms with Gasteiger partial charge in [0.15, 0.2) is 0 Å². The van der Waals surface area contributed by atoms with Crippen molar-refractivity contribution in [2.24, 2.45) is 5.92 Å². The lowest BCUT2D eigenvalue weighted by Gasteiger charge is -2.17. The van der Waals surface area contributed by atoms with Crippen LogP contribution >= 0.6 is 0 Å². The third kappa shape index (κ3) is 4.14. The fraction of sp³-hybridized carbons (Fsp3) is 0.600. The predicted molar refractivity (Wildman–Crippen MR) is 70.9 cm³/mol. The fourth-order valence-electron chi connectivity index (χ4n) is 2.25. The van der Waals surface area contributed by atoms with Crippen molar-refractivity contribution in [2.45, 2.75) is 32.9 Å². The highest BCUT2D eigenvalue weighted by Crippen LogP contribution is 2.16. The Morgan fingerprint density at radius 1 is 1.29 bits per heavy atom. The molecule has 1 aromatic rings. The van der Waals surface area contributed by atoms with Crippen molar-refractivity contribution in [1.82, 2.24) is 4.90 Å². The van der Waals surface area contributed by atoms with Gasteiger partial charge in [0, 0.05) is 26.2 Å². The van der Waals surface area contributed by atoms with Crippen LogP contribution in [0.15, 0.2) is 30.3 Å². The van der Waals surface area contributed by atoms with Gasteiger partial charge in [-0.2, -0.15) is 0 Å². The first kappa shape index (κ1) is 12.6. The van der Waals surface area contributed by atoms with E-state index in [-0.39, 0.29) is 0 Å². The monoisotopic (exact) mass is 233 g/mol. The summed E-state index contributed by atoms with van der Waals surface area (Å²) in [6.45, 7) is 8.61. The molecule has 2 heteroatoms. The number of ether oxygens (including phenoxy) is 1. The average molecular weight is 233 g/mol. The summed E-state index contributed by atoms with van der Waals surface area (Å²) < 4.78 is 5.89. The van der Waals surface area contributed by atoms with E-state index in [9.17, 15) is 0 Å². The van der Waals surface area contributed by atoms with E-state index in [0.717, 1.165) is 26.2 Å². The molecule has 1 saturated heterocycles. The Morgan fingerprint density at radius 2 is 2.06 bits per heavy atom. The van der Waals surface area contributed by atoms with E-state index in [1.807, 2.05) is 0 Å². The van der Waals surface area contributed by atoms with Crippen molar-refractivity contribution in [3.63, 3.8) is 0 Å². The topological polar surface area (TPSA) is 12.5 Å². The second kappa shape index (κ2) is 6.18. The maximum absolute atomic E-state index is 5.89. The molecule has 1 unspecified atom stereocenters. The third-order valence-corrected chi connectivity index (χ3v) is 3.14. The highest BCUT2D eigenvalue weighted by molar-refractivity contribution is 5.14. The molecule has 0 radical (unpaired) electrons. The van der Waals surface area contributed by atoms with Crippen molar-refractivity contribution < 1.29 is 4.74 Å². The maximum atomic E-state index is 5.89. The summed E-state index contributed by atoms with van der Waals surface area (Å²) >= 11 is 0. The van der Waals surface area contributed by atoms with Crippen LogP contribution in [-0.2, 0) is 11.3 Å². The normalized spacial score (nSPS) is 21.2. The van der Waals surface area contributed by atoms with Crippen molar-refractivity contribution in [3.05, 3.63) is 35.9 Å². The van der Waals surface area contributed by atoms with Crippen LogP contribution in [-0.4, -0.2) is 30.7 Å². The van der Waals surface area contributed by atoms with Crippen LogP contribution in [0.3, 0.4) is 0 Å². The van der Waals surface area contributed by atoms with Crippen LogP contribution in [0.5, 0.6) is 0 Å². The Kier molecular flexibility index (Phi) is 4.57. The van der Waals surface area contributed by atoms with Gasteiger partial charge in [0.2, 0.25) is 0 Å². The lowest BCUT2D eigenvalue weighted by atomic mass is 10.2. The minimum Gasteiger partial charge on any atom is -0.377 e. The van der Waals surface area contributed by atoms with E-state index in [1.165, 1.54) is 12.0 Å². The summed E-state index contributed by atoms with van der Waals surface area (Å²) in [4.78, 5) is 2.49. The number of hydrogen-bond donors (Lipinski definition) is 0. The summed E-state index contributed by atoms with van der Waals surface area (Å²) in [5, 5.41) is 0. The molecule has 17 heavy (non-hydrogen) atoms. The molecule has 0 aliphatic carbocycles. The van der Waals surface area contributed by atoms with Crippen LogP contribution in [0.25, 0.3) is 0 Å². The Bertz CT molecular complexity index is 323. The molecule has 1 aliphatic heterocycles. The molecular formula is C15H23NO. The van der Waals surface area contributed by atoms with E-state index in [2.05, 4.69) is 49.1 Å². The first-order valence-corrected chi connectivity index (χ1v) is 6.62. The zero-order chi connectivity index (χ0) is 12.1. The molecule has 0 aromatic heterocycles. The molecule has 1 heterocycles. The lowest BCUT2D eigenvalue weighted by molar-refractivity contribution is 0.0412. The molecule has 0 amide bonds. The summed E-state index contributed by atoms with van der Waals surface area (Å²) in [5.74, 6) is 0.637. The van der Waals surface area contributed by atoms with Gasteiger partial charge in [0.25, 0.3) is 0 Å². The van der Waals surface area contributed by atoms with Gasteiger partial charge in [-0.1, -0.05) is 44.2 Å². The van der Waals surface area contributed by atoms with E-state index in [0.29, 0.717) is 12.0 Å². The zero-order valence-electron chi connectivity index (χ0n) is 10.9. The van der Waals surface area contributed by atoms with Crippen LogP contribution < -0.4 is 0 Å². The van der Waals surface area contributed by atoms with Gasteiger partial charge in [0.05, 0.1) is 6.10 Å². The fourth-order valence-corrected chi connectivity index (χ4v) is 2.25. The molecule has 0 saturated carbocycles. The second-order valence-corrected chi connectivity index (χ2v) is 5.36. The van der Waals surface area contributed by atoms with E-state index in [4.69, 9.17) is 4.74 Å². The molecule has 2 nitrogen and oxygen atoms in total. The first-order valence-electron chi connectivity index (χ1n) is 6.62. The SMILES string of the molecule is CC(C)COC1CCN(Cc2ccccc2)C1. The second-order valence-electron chi connectivity index (χ2n) is 5.36. The Labute approximate surface area is 105 Å². The van der Waals surface area contributed by atoms with E-state index < -0.39 is 0 Å². The molecule has 0 N–H and O–H groups in total. The summed E-state index contributed by atoms with van der Waals surface area (Å²) in [7, 11) is 0. The number of likely N-dealkylation sites (tertiary alicyclic amines) is 1. The van der Waals surface area contributed by atoms with Gasteiger partial charge in [-0.15, -0.1) is 0 Å². The number of nitrogens with zero attached hydrogens (tertiary/aromatic N) is 1. The van der Waals surface area contributed by atoms with Crippen molar-refractivity contribution >= 4 is 0 Å². The summed E-state index contributed by atoms with van der Waals surface area (Å²) in [6.07, 6.45) is 1.63. The number of rotatable bonds is 5. The standard InChI is InChI=1S/C15H23NO/c1-13(2)12-17-15-8-9-16(11-15)10-14-6-4-3-5-7-14/h3-7,13,15H,8-12H2,1-2H3. The largest absolute Gasteiger partial charge is 0.377 e. The van der Waals surface area contributed by atoms with Crippen LogP contribution in [0.1, 0.15) is 25.8 Å². The Morgan fingerprint density at radius 3 is 2.76 bits per heavy atom. The van der Waals surface area contributed by atoms with Gasteiger partial charge < -0.3 is 4.74 Å². The molecule has 1 aromatic carbocycles. The smallest absolute Gasteiger partial charge is 0.0714 e. The van der Waals surface area contributed by atoms with Gasteiger partial charge in [0.1, 0.15) is 0 Å². The molecule has 0 spiro atoms. The maximum Gasteiger partial charge on any atom is 0.0714 e. The molecule has 2 rings (SSSR count). The first-order chi connectivity index (χ1) is 8.24. The molecule has 1 aliphatic rings. The Balaban J connectivity index is 1.74. The molecule has 94 valence electrons. The van der Waals surface area contributed by atoms with Gasteiger partial charge in [-0.05, 0) is 17.9 Å². The van der Waals surface area contributed by atoms with Crippen LogP contribution in [0.2, 0.25) is 0 Å². The van der Waals surface area contributed by atoms with E-state index in [1.54, 1.807) is 0 Å². The molecule has 1 atom stereocenters. The quantitative estimate of drug-likeness (QED) is 0.775. The number of hydrogen-bond acceptors (Lipinski definition) is 2. The van der Waals surface area contributed by atoms with Gasteiger partial charge in [-0.25, -0.2) is 0 Å².